The van der Waals surface area contributed by atoms with E-state index in [2.05, 4.69) is 15.9 Å². The number of carboxylic acid groups (broad SMARTS) is 1. The second kappa shape index (κ2) is 4.45. The first-order valence-corrected chi connectivity index (χ1v) is 6.07. The van der Waals surface area contributed by atoms with Gasteiger partial charge in [0.15, 0.2) is 0 Å². The summed E-state index contributed by atoms with van der Waals surface area (Å²) < 4.78 is 0.872. The maximum Gasteiger partial charge on any atom is 0.303 e. The third kappa shape index (κ3) is 2.55. The molecule has 2 N–H and O–H groups in total. The first kappa shape index (κ1) is 11.5. The van der Waals surface area contributed by atoms with E-state index in [9.17, 15) is 9.90 Å². The van der Waals surface area contributed by atoms with E-state index in [4.69, 9.17) is 5.11 Å². The van der Waals surface area contributed by atoms with Crippen LogP contribution in [0.4, 0.5) is 0 Å². The highest BCUT2D eigenvalue weighted by Gasteiger charge is 2.35. The maximum atomic E-state index is 10.8. The number of carbonyl (C=O) groups is 1. The Morgan fingerprint density at radius 3 is 2.75 bits per heavy atom. The maximum absolute atomic E-state index is 10.8. The van der Waals surface area contributed by atoms with E-state index in [1.807, 2.05) is 6.07 Å². The van der Waals surface area contributed by atoms with Gasteiger partial charge in [-0.15, -0.1) is 0 Å². The fraction of sp³-hybridized carbons (Fsp3) is 0.417. The molecule has 1 unspecified atom stereocenters. The zero-order valence-corrected chi connectivity index (χ0v) is 10.3. The van der Waals surface area contributed by atoms with E-state index < -0.39 is 5.97 Å². The van der Waals surface area contributed by atoms with E-state index in [-0.39, 0.29) is 18.1 Å². The summed E-state index contributed by atoms with van der Waals surface area (Å²) in [5, 5.41) is 18.7. The lowest BCUT2D eigenvalue weighted by Crippen LogP contribution is -2.08. The molecule has 0 saturated heterocycles. The molecular formula is C12H13BrO3. The van der Waals surface area contributed by atoms with E-state index in [0.717, 1.165) is 22.9 Å². The number of aromatic hydroxyl groups is 1. The van der Waals surface area contributed by atoms with Gasteiger partial charge in [-0.2, -0.15) is 0 Å². The van der Waals surface area contributed by atoms with Gasteiger partial charge in [-0.3, -0.25) is 4.79 Å². The Labute approximate surface area is 102 Å². The van der Waals surface area contributed by atoms with Gasteiger partial charge < -0.3 is 10.2 Å². The topological polar surface area (TPSA) is 57.5 Å². The van der Waals surface area contributed by atoms with Crippen LogP contribution in [-0.4, -0.2) is 16.2 Å². The second-order valence-corrected chi connectivity index (χ2v) is 5.16. The normalized spacial score (nSPS) is 17.1. The fourth-order valence-electron chi connectivity index (χ4n) is 2.04. The van der Waals surface area contributed by atoms with Crippen LogP contribution in [0.2, 0.25) is 0 Å². The van der Waals surface area contributed by atoms with Gasteiger partial charge in [0.25, 0.3) is 0 Å². The van der Waals surface area contributed by atoms with Crippen LogP contribution in [0.1, 0.15) is 30.7 Å². The Balaban J connectivity index is 2.30. The summed E-state index contributed by atoms with van der Waals surface area (Å²) >= 11 is 3.34. The Morgan fingerprint density at radius 1 is 1.50 bits per heavy atom. The van der Waals surface area contributed by atoms with E-state index in [1.165, 1.54) is 0 Å². The van der Waals surface area contributed by atoms with Crippen LogP contribution in [0.5, 0.6) is 5.75 Å². The first-order chi connectivity index (χ1) is 7.58. The molecule has 0 amide bonds. The summed E-state index contributed by atoms with van der Waals surface area (Å²) in [5.74, 6) is -0.260. The monoisotopic (exact) mass is 284 g/mol. The number of halogens is 1. The molecule has 1 aromatic carbocycles. The quantitative estimate of drug-likeness (QED) is 0.893. The lowest BCUT2D eigenvalue weighted by atomic mass is 9.90. The standard InChI is InChI=1S/C12H13BrO3/c13-8-3-4-11(14)10(5-8)9(6-12(15)16)7-1-2-7/h3-5,7,9,14H,1-2,6H2,(H,15,16). The predicted molar refractivity (Wildman–Crippen MR) is 63.5 cm³/mol. The molecule has 1 aromatic rings. The van der Waals surface area contributed by atoms with Crippen molar-refractivity contribution in [2.75, 3.05) is 0 Å². The van der Waals surface area contributed by atoms with Crippen LogP contribution in [-0.2, 0) is 4.79 Å². The summed E-state index contributed by atoms with van der Waals surface area (Å²) in [4.78, 5) is 10.8. The number of hydrogen-bond donors (Lipinski definition) is 2. The number of phenolic OH excluding ortho intramolecular Hbond substituents is 1. The Hall–Kier alpha value is -1.03. The van der Waals surface area contributed by atoms with Crippen molar-refractivity contribution in [2.45, 2.75) is 25.2 Å². The number of aliphatic carboxylic acids is 1. The molecule has 0 spiro atoms. The summed E-state index contributed by atoms with van der Waals surface area (Å²) in [6.45, 7) is 0. The number of phenols is 1. The van der Waals surface area contributed by atoms with Crippen LogP contribution >= 0.6 is 15.9 Å². The lowest BCUT2D eigenvalue weighted by Gasteiger charge is -2.16. The van der Waals surface area contributed by atoms with Gasteiger partial charge in [-0.25, -0.2) is 0 Å². The molecule has 1 atom stereocenters. The molecule has 0 aliphatic heterocycles. The van der Waals surface area contributed by atoms with Crippen LogP contribution in [0.3, 0.4) is 0 Å². The highest BCUT2D eigenvalue weighted by molar-refractivity contribution is 9.10. The molecular weight excluding hydrogens is 272 g/mol. The van der Waals surface area contributed by atoms with E-state index >= 15 is 0 Å². The highest BCUT2D eigenvalue weighted by Crippen LogP contribution is 2.47. The van der Waals surface area contributed by atoms with Crippen molar-refractivity contribution < 1.29 is 15.0 Å². The summed E-state index contributed by atoms with van der Waals surface area (Å²) in [6.07, 6.45) is 2.21. The molecule has 0 bridgehead atoms. The summed E-state index contributed by atoms with van der Waals surface area (Å²) in [5.41, 5.74) is 0.749. The van der Waals surface area contributed by atoms with Gasteiger partial charge in [-0.05, 0) is 42.5 Å². The van der Waals surface area contributed by atoms with Gasteiger partial charge in [0.2, 0.25) is 0 Å². The zero-order valence-electron chi connectivity index (χ0n) is 8.69. The zero-order chi connectivity index (χ0) is 11.7. The van der Waals surface area contributed by atoms with Crippen molar-refractivity contribution in [1.82, 2.24) is 0 Å². The molecule has 1 aliphatic carbocycles. The molecule has 4 heteroatoms. The second-order valence-electron chi connectivity index (χ2n) is 4.24. The van der Waals surface area contributed by atoms with E-state index in [0.29, 0.717) is 5.92 Å². The van der Waals surface area contributed by atoms with Gasteiger partial charge in [0.1, 0.15) is 5.75 Å². The molecule has 0 radical (unpaired) electrons. The third-order valence-corrected chi connectivity index (χ3v) is 3.47. The summed E-state index contributed by atoms with van der Waals surface area (Å²) in [6, 6.07) is 5.18. The number of rotatable bonds is 4. The number of carboxylic acids is 1. The molecule has 0 heterocycles. The van der Waals surface area contributed by atoms with Crippen molar-refractivity contribution >= 4 is 21.9 Å². The van der Waals surface area contributed by atoms with Crippen LogP contribution < -0.4 is 0 Å². The summed E-state index contributed by atoms with van der Waals surface area (Å²) in [7, 11) is 0. The molecule has 1 fully saturated rings. The molecule has 1 aliphatic rings. The van der Waals surface area contributed by atoms with E-state index in [1.54, 1.807) is 12.1 Å². The molecule has 86 valence electrons. The SMILES string of the molecule is O=C(O)CC(c1cc(Br)ccc1O)C1CC1. The fourth-order valence-corrected chi connectivity index (χ4v) is 2.42. The molecule has 1 saturated carbocycles. The minimum absolute atomic E-state index is 0.0602. The Bertz CT molecular complexity index is 413. The van der Waals surface area contributed by atoms with Gasteiger partial charge >= 0.3 is 5.97 Å². The molecule has 3 nitrogen and oxygen atoms in total. The minimum Gasteiger partial charge on any atom is -0.508 e. The molecule has 0 aromatic heterocycles. The third-order valence-electron chi connectivity index (χ3n) is 2.97. The molecule has 2 rings (SSSR count). The number of benzene rings is 1. The smallest absolute Gasteiger partial charge is 0.303 e. The average molecular weight is 285 g/mol. The van der Waals surface area contributed by atoms with Crippen molar-refractivity contribution in [3.63, 3.8) is 0 Å². The van der Waals surface area contributed by atoms with Gasteiger partial charge in [0, 0.05) is 10.4 Å². The number of hydrogen-bond acceptors (Lipinski definition) is 2. The highest BCUT2D eigenvalue weighted by atomic mass is 79.9. The van der Waals surface area contributed by atoms with Crippen molar-refractivity contribution in [2.24, 2.45) is 5.92 Å². The minimum atomic E-state index is -0.809. The Kier molecular flexibility index (Phi) is 3.19. The lowest BCUT2D eigenvalue weighted by molar-refractivity contribution is -0.137. The first-order valence-electron chi connectivity index (χ1n) is 5.28. The predicted octanol–water partition coefficient (Wildman–Crippen LogP) is 3.12. The van der Waals surface area contributed by atoms with Gasteiger partial charge in [-0.1, -0.05) is 15.9 Å². The van der Waals surface area contributed by atoms with Crippen LogP contribution in [0.25, 0.3) is 0 Å². The molecule has 16 heavy (non-hydrogen) atoms. The van der Waals surface area contributed by atoms with Crippen molar-refractivity contribution in [1.29, 1.82) is 0 Å². The largest absolute Gasteiger partial charge is 0.508 e. The Morgan fingerprint density at radius 2 is 2.19 bits per heavy atom. The van der Waals surface area contributed by atoms with Crippen molar-refractivity contribution in [3.05, 3.63) is 28.2 Å². The van der Waals surface area contributed by atoms with Crippen LogP contribution in [0, 0.1) is 5.92 Å². The van der Waals surface area contributed by atoms with Crippen LogP contribution in [0.15, 0.2) is 22.7 Å². The van der Waals surface area contributed by atoms with Crippen molar-refractivity contribution in [3.8, 4) is 5.75 Å². The average Bonchev–Trinajstić information content (AvgIpc) is 3.02. The van der Waals surface area contributed by atoms with Gasteiger partial charge in [0.05, 0.1) is 6.42 Å².